The number of rotatable bonds is 4. The summed E-state index contributed by atoms with van der Waals surface area (Å²) in [4.78, 5) is 0.819. The molecule has 0 amide bonds. The van der Waals surface area contributed by atoms with E-state index in [1.807, 2.05) is 23.7 Å². The Balaban J connectivity index is 1.96. The van der Waals surface area contributed by atoms with E-state index in [1.54, 1.807) is 43.9 Å². The van der Waals surface area contributed by atoms with Crippen molar-refractivity contribution in [2.24, 2.45) is 17.3 Å². The molecule has 5 nitrogen and oxygen atoms in total. The molecule has 0 bridgehead atoms. The molecule has 1 heterocycles. The van der Waals surface area contributed by atoms with Crippen molar-refractivity contribution in [1.82, 2.24) is 4.57 Å². The molecule has 0 spiro atoms. The van der Waals surface area contributed by atoms with Crippen molar-refractivity contribution >= 4 is 39.4 Å². The molecule has 0 fully saturated rings. The summed E-state index contributed by atoms with van der Waals surface area (Å²) in [7, 11) is 5.09. The van der Waals surface area contributed by atoms with Gasteiger partial charge in [-0.1, -0.05) is 35.1 Å². The van der Waals surface area contributed by atoms with Gasteiger partial charge in [-0.15, -0.1) is 5.10 Å². The van der Waals surface area contributed by atoms with Crippen LogP contribution in [0.1, 0.15) is 5.56 Å². The van der Waals surface area contributed by atoms with Gasteiger partial charge < -0.3 is 14.0 Å². The summed E-state index contributed by atoms with van der Waals surface area (Å²) in [6.07, 6.45) is 1.64. The quantitative estimate of drug-likeness (QED) is 0.523. The molecule has 124 valence electrons. The molecule has 3 rings (SSSR count). The SMILES string of the molecule is COc1cc(/C=N/N=c2/sc3ccccc3n2C)cc(Cl)c1OC. The van der Waals surface area contributed by atoms with E-state index in [-0.39, 0.29) is 0 Å². The first kappa shape index (κ1) is 16.5. The monoisotopic (exact) mass is 361 g/mol. The molecule has 0 atom stereocenters. The predicted octanol–water partition coefficient (Wildman–Crippen LogP) is 3.85. The Hall–Kier alpha value is -2.31. The molecular formula is C17H16ClN3O2S. The number of halogens is 1. The lowest BCUT2D eigenvalue weighted by atomic mass is 10.2. The van der Waals surface area contributed by atoms with E-state index in [0.29, 0.717) is 16.5 Å². The molecule has 0 saturated carbocycles. The summed E-state index contributed by atoms with van der Waals surface area (Å²) < 4.78 is 13.7. The number of aryl methyl sites for hydroxylation is 1. The highest BCUT2D eigenvalue weighted by molar-refractivity contribution is 7.16. The molecular weight excluding hydrogens is 346 g/mol. The van der Waals surface area contributed by atoms with Gasteiger partial charge in [-0.25, -0.2) is 0 Å². The van der Waals surface area contributed by atoms with Crippen molar-refractivity contribution in [1.29, 1.82) is 0 Å². The van der Waals surface area contributed by atoms with Gasteiger partial charge in [0.15, 0.2) is 11.5 Å². The van der Waals surface area contributed by atoms with Crippen LogP contribution >= 0.6 is 22.9 Å². The highest BCUT2D eigenvalue weighted by Gasteiger charge is 2.09. The molecule has 0 saturated heterocycles. The second kappa shape index (κ2) is 7.07. The number of nitrogens with zero attached hydrogens (tertiary/aromatic N) is 3. The van der Waals surface area contributed by atoms with E-state index in [9.17, 15) is 0 Å². The molecule has 0 aliphatic heterocycles. The zero-order chi connectivity index (χ0) is 17.1. The van der Waals surface area contributed by atoms with Crippen molar-refractivity contribution in [2.75, 3.05) is 14.2 Å². The summed E-state index contributed by atoms with van der Waals surface area (Å²) in [6.45, 7) is 0. The molecule has 7 heteroatoms. The number of benzene rings is 2. The fourth-order valence-corrected chi connectivity index (χ4v) is 3.61. The minimum atomic E-state index is 0.464. The zero-order valence-electron chi connectivity index (χ0n) is 13.5. The number of fused-ring (bicyclic) bond motifs is 1. The highest BCUT2D eigenvalue weighted by Crippen LogP contribution is 2.35. The van der Waals surface area contributed by atoms with E-state index in [0.717, 1.165) is 15.9 Å². The van der Waals surface area contributed by atoms with Gasteiger partial charge in [-0.3, -0.25) is 0 Å². The average Bonchev–Trinajstić information content (AvgIpc) is 2.91. The maximum atomic E-state index is 6.19. The predicted molar refractivity (Wildman–Crippen MR) is 98.5 cm³/mol. The Labute approximate surface area is 148 Å². The second-order valence-electron chi connectivity index (χ2n) is 4.99. The van der Waals surface area contributed by atoms with Gasteiger partial charge in [0.05, 0.1) is 35.7 Å². The van der Waals surface area contributed by atoms with Crippen LogP contribution in [0, 0.1) is 0 Å². The van der Waals surface area contributed by atoms with E-state index >= 15 is 0 Å². The number of aromatic nitrogens is 1. The number of ether oxygens (including phenoxy) is 2. The zero-order valence-corrected chi connectivity index (χ0v) is 15.1. The van der Waals surface area contributed by atoms with Crippen molar-refractivity contribution in [2.45, 2.75) is 0 Å². The van der Waals surface area contributed by atoms with Gasteiger partial charge in [0.1, 0.15) is 0 Å². The Morgan fingerprint density at radius 3 is 2.67 bits per heavy atom. The number of thiazole rings is 1. The van der Waals surface area contributed by atoms with Crippen LogP contribution in [0.3, 0.4) is 0 Å². The van der Waals surface area contributed by atoms with Crippen LogP contribution in [0.15, 0.2) is 46.6 Å². The largest absolute Gasteiger partial charge is 0.493 e. The summed E-state index contributed by atoms with van der Waals surface area (Å²) in [5, 5.41) is 8.94. The fourth-order valence-electron chi connectivity index (χ4n) is 2.34. The number of para-hydroxylation sites is 1. The van der Waals surface area contributed by atoms with Crippen LogP contribution < -0.4 is 14.3 Å². The van der Waals surface area contributed by atoms with E-state index in [2.05, 4.69) is 22.3 Å². The lowest BCUT2D eigenvalue weighted by molar-refractivity contribution is 0.355. The molecule has 2 aromatic carbocycles. The van der Waals surface area contributed by atoms with Gasteiger partial charge in [0, 0.05) is 12.6 Å². The molecule has 1 aromatic heterocycles. The third-order valence-corrected chi connectivity index (χ3v) is 4.90. The molecule has 3 aromatic rings. The van der Waals surface area contributed by atoms with Crippen molar-refractivity contribution in [3.63, 3.8) is 0 Å². The van der Waals surface area contributed by atoms with Gasteiger partial charge in [0.2, 0.25) is 4.80 Å². The molecule has 0 N–H and O–H groups in total. The third kappa shape index (κ3) is 3.16. The fraction of sp³-hybridized carbons (Fsp3) is 0.176. The maximum Gasteiger partial charge on any atom is 0.211 e. The van der Waals surface area contributed by atoms with Crippen LogP contribution in [0.2, 0.25) is 5.02 Å². The van der Waals surface area contributed by atoms with Crippen LogP contribution in [-0.2, 0) is 7.05 Å². The minimum Gasteiger partial charge on any atom is -0.493 e. The lowest BCUT2D eigenvalue weighted by Crippen LogP contribution is -2.08. The van der Waals surface area contributed by atoms with E-state index < -0.39 is 0 Å². The third-order valence-electron chi connectivity index (χ3n) is 3.52. The Morgan fingerprint density at radius 2 is 1.96 bits per heavy atom. The number of methoxy groups -OCH3 is 2. The first-order valence-electron chi connectivity index (χ1n) is 7.17. The summed E-state index contributed by atoms with van der Waals surface area (Å²) in [5.74, 6) is 1.06. The summed E-state index contributed by atoms with van der Waals surface area (Å²) in [6, 6.07) is 11.7. The van der Waals surface area contributed by atoms with Crippen LogP contribution in [0.4, 0.5) is 0 Å². The number of hydrogen-bond donors (Lipinski definition) is 0. The van der Waals surface area contributed by atoms with E-state index in [1.165, 1.54) is 4.70 Å². The minimum absolute atomic E-state index is 0.464. The summed E-state index contributed by atoms with van der Waals surface area (Å²) >= 11 is 7.78. The van der Waals surface area contributed by atoms with Gasteiger partial charge in [-0.2, -0.15) is 5.10 Å². The van der Waals surface area contributed by atoms with Gasteiger partial charge in [-0.05, 0) is 24.3 Å². The van der Waals surface area contributed by atoms with Crippen LogP contribution in [-0.4, -0.2) is 25.0 Å². The molecule has 24 heavy (non-hydrogen) atoms. The Kier molecular flexibility index (Phi) is 4.87. The molecule has 0 aliphatic rings. The Morgan fingerprint density at radius 1 is 1.17 bits per heavy atom. The van der Waals surface area contributed by atoms with Crippen LogP contribution in [0.5, 0.6) is 11.5 Å². The van der Waals surface area contributed by atoms with Gasteiger partial charge >= 0.3 is 0 Å². The first-order chi connectivity index (χ1) is 11.6. The topological polar surface area (TPSA) is 48.1 Å². The van der Waals surface area contributed by atoms with Gasteiger partial charge in [0.25, 0.3) is 0 Å². The number of hydrogen-bond acceptors (Lipinski definition) is 5. The molecule has 0 unspecified atom stereocenters. The van der Waals surface area contributed by atoms with Crippen molar-refractivity contribution < 1.29 is 9.47 Å². The summed E-state index contributed by atoms with van der Waals surface area (Å²) in [5.41, 5.74) is 1.91. The molecule has 0 radical (unpaired) electrons. The lowest BCUT2D eigenvalue weighted by Gasteiger charge is -2.09. The maximum absolute atomic E-state index is 6.19. The molecule has 0 aliphatic carbocycles. The standard InChI is InChI=1S/C17H16ClN3O2S/c1-21-13-6-4-5-7-15(13)24-17(21)20-19-10-11-8-12(18)16(23-3)14(9-11)22-2/h4-10H,1-3H3/b19-10+,20-17+. The normalized spacial score (nSPS) is 12.2. The highest BCUT2D eigenvalue weighted by atomic mass is 35.5. The van der Waals surface area contributed by atoms with Crippen LogP contribution in [0.25, 0.3) is 10.2 Å². The smallest absolute Gasteiger partial charge is 0.211 e. The van der Waals surface area contributed by atoms with Crippen molar-refractivity contribution in [3.05, 3.63) is 51.8 Å². The Bertz CT molecular complexity index is 976. The van der Waals surface area contributed by atoms with Crippen molar-refractivity contribution in [3.8, 4) is 11.5 Å². The van der Waals surface area contributed by atoms with E-state index in [4.69, 9.17) is 21.1 Å². The average molecular weight is 362 g/mol. The second-order valence-corrected chi connectivity index (χ2v) is 6.41. The first-order valence-corrected chi connectivity index (χ1v) is 8.36.